The minimum Gasteiger partial charge on any atom is -0.480 e. The number of hydrogen-bond acceptors (Lipinski definition) is 4. The molecule has 20 heavy (non-hydrogen) atoms. The summed E-state index contributed by atoms with van der Waals surface area (Å²) in [6.07, 6.45) is 1.61. The number of rotatable bonds is 7. The number of pyridine rings is 1. The molecule has 2 amide bonds. The van der Waals surface area contributed by atoms with Crippen LogP contribution < -0.4 is 5.32 Å². The minimum absolute atomic E-state index is 0.0256. The Morgan fingerprint density at radius 2 is 2.20 bits per heavy atom. The van der Waals surface area contributed by atoms with Gasteiger partial charge >= 0.3 is 12.0 Å². The van der Waals surface area contributed by atoms with Crippen LogP contribution in [0.4, 0.5) is 4.79 Å². The molecule has 0 aliphatic carbocycles. The summed E-state index contributed by atoms with van der Waals surface area (Å²) >= 11 is 0. The second-order valence-corrected chi connectivity index (χ2v) is 4.19. The van der Waals surface area contributed by atoms with Crippen LogP contribution in [0.25, 0.3) is 0 Å². The summed E-state index contributed by atoms with van der Waals surface area (Å²) in [7, 11) is 0. The standard InChI is InChI=1S/C13H19N3O4/c1-2-16(9-10-5-3-4-7-14-10)13(20)15-11(6-8-17)12(18)19/h3-5,7,11,17H,2,6,8-9H2,1H3,(H,15,20)(H,18,19)/t11-/m0/s1. The van der Waals surface area contributed by atoms with Gasteiger partial charge in [-0.3, -0.25) is 4.98 Å². The maximum absolute atomic E-state index is 12.0. The number of nitrogens with one attached hydrogen (secondary N) is 1. The lowest BCUT2D eigenvalue weighted by atomic mass is 10.2. The Morgan fingerprint density at radius 3 is 2.70 bits per heavy atom. The van der Waals surface area contributed by atoms with Crippen molar-refractivity contribution in [2.45, 2.75) is 25.9 Å². The quantitative estimate of drug-likeness (QED) is 0.673. The van der Waals surface area contributed by atoms with Gasteiger partial charge in [-0.25, -0.2) is 9.59 Å². The van der Waals surface area contributed by atoms with E-state index < -0.39 is 18.0 Å². The number of aromatic nitrogens is 1. The topological polar surface area (TPSA) is 103 Å². The zero-order valence-corrected chi connectivity index (χ0v) is 11.3. The summed E-state index contributed by atoms with van der Waals surface area (Å²) in [4.78, 5) is 28.5. The number of carboxylic acids is 1. The van der Waals surface area contributed by atoms with E-state index in [1.54, 1.807) is 25.3 Å². The van der Waals surface area contributed by atoms with Crippen molar-refractivity contribution in [1.29, 1.82) is 0 Å². The molecule has 1 aromatic rings. The first-order valence-electron chi connectivity index (χ1n) is 6.37. The highest BCUT2D eigenvalue weighted by Crippen LogP contribution is 2.02. The number of nitrogens with zero attached hydrogens (tertiary/aromatic N) is 2. The number of carbonyl (C=O) groups is 2. The molecule has 0 aliphatic rings. The second kappa shape index (κ2) is 8.11. The molecule has 0 aliphatic heterocycles. The molecule has 1 heterocycles. The summed E-state index contributed by atoms with van der Waals surface area (Å²) in [5.74, 6) is -1.17. The predicted molar refractivity (Wildman–Crippen MR) is 72.0 cm³/mol. The van der Waals surface area contributed by atoms with Crippen LogP contribution in [0.2, 0.25) is 0 Å². The van der Waals surface area contributed by atoms with Gasteiger partial charge in [-0.2, -0.15) is 0 Å². The van der Waals surface area contributed by atoms with Crippen LogP contribution >= 0.6 is 0 Å². The van der Waals surface area contributed by atoms with Crippen LogP contribution in [-0.2, 0) is 11.3 Å². The van der Waals surface area contributed by atoms with Crippen molar-refractivity contribution >= 4 is 12.0 Å². The molecule has 0 fully saturated rings. The SMILES string of the molecule is CCN(Cc1ccccn1)C(=O)N[C@@H](CCO)C(=O)O. The Labute approximate surface area is 117 Å². The second-order valence-electron chi connectivity index (χ2n) is 4.19. The van der Waals surface area contributed by atoms with Crippen molar-refractivity contribution in [2.75, 3.05) is 13.2 Å². The van der Waals surface area contributed by atoms with Gasteiger partial charge in [0.1, 0.15) is 6.04 Å². The van der Waals surface area contributed by atoms with E-state index in [1.165, 1.54) is 4.90 Å². The van der Waals surface area contributed by atoms with E-state index in [1.807, 2.05) is 6.07 Å². The number of aliphatic hydroxyl groups is 1. The van der Waals surface area contributed by atoms with Crippen LogP contribution in [0.3, 0.4) is 0 Å². The van der Waals surface area contributed by atoms with Crippen molar-refractivity contribution in [3.8, 4) is 0 Å². The summed E-state index contributed by atoms with van der Waals surface area (Å²) in [6.45, 7) is 2.22. The molecule has 0 unspecified atom stereocenters. The van der Waals surface area contributed by atoms with Crippen molar-refractivity contribution in [3.63, 3.8) is 0 Å². The van der Waals surface area contributed by atoms with Crippen LogP contribution in [0.5, 0.6) is 0 Å². The molecule has 0 saturated heterocycles. The maximum Gasteiger partial charge on any atom is 0.326 e. The first kappa shape index (κ1) is 15.9. The molecule has 0 aromatic carbocycles. The number of aliphatic carboxylic acids is 1. The minimum atomic E-state index is -1.17. The monoisotopic (exact) mass is 281 g/mol. The first-order valence-corrected chi connectivity index (χ1v) is 6.37. The average Bonchev–Trinajstić information content (AvgIpc) is 2.45. The molecule has 1 atom stereocenters. The van der Waals surface area contributed by atoms with Gasteiger partial charge in [-0.05, 0) is 19.1 Å². The molecule has 0 saturated carbocycles. The Bertz CT molecular complexity index is 439. The predicted octanol–water partition coefficient (Wildman–Crippen LogP) is 0.449. The molecule has 0 spiro atoms. The summed E-state index contributed by atoms with van der Waals surface area (Å²) in [5.41, 5.74) is 0.721. The van der Waals surface area contributed by atoms with E-state index in [-0.39, 0.29) is 13.0 Å². The van der Waals surface area contributed by atoms with E-state index in [0.717, 1.165) is 5.69 Å². The van der Waals surface area contributed by atoms with Gasteiger partial charge in [0.25, 0.3) is 0 Å². The van der Waals surface area contributed by atoms with E-state index >= 15 is 0 Å². The fraction of sp³-hybridized carbons (Fsp3) is 0.462. The zero-order chi connectivity index (χ0) is 15.0. The molecule has 7 nitrogen and oxygen atoms in total. The fourth-order valence-corrected chi connectivity index (χ4v) is 1.64. The number of amides is 2. The molecule has 7 heteroatoms. The van der Waals surface area contributed by atoms with Crippen LogP contribution in [0.1, 0.15) is 19.0 Å². The lowest BCUT2D eigenvalue weighted by molar-refractivity contribution is -0.139. The summed E-state index contributed by atoms with van der Waals surface area (Å²) < 4.78 is 0. The van der Waals surface area contributed by atoms with Crippen LogP contribution in [0, 0.1) is 0 Å². The zero-order valence-electron chi connectivity index (χ0n) is 11.3. The van der Waals surface area contributed by atoms with Crippen LogP contribution in [0.15, 0.2) is 24.4 Å². The smallest absolute Gasteiger partial charge is 0.326 e. The fourth-order valence-electron chi connectivity index (χ4n) is 1.64. The lowest BCUT2D eigenvalue weighted by Crippen LogP contribution is -2.48. The van der Waals surface area contributed by atoms with Crippen molar-refractivity contribution in [3.05, 3.63) is 30.1 Å². The number of carbonyl (C=O) groups excluding carboxylic acids is 1. The third-order valence-electron chi connectivity index (χ3n) is 2.76. The number of carboxylic acid groups (broad SMARTS) is 1. The number of urea groups is 1. The van der Waals surface area contributed by atoms with Crippen molar-refractivity contribution in [2.24, 2.45) is 0 Å². The molecule has 1 aromatic heterocycles. The Kier molecular flexibility index (Phi) is 6.45. The summed E-state index contributed by atoms with van der Waals surface area (Å²) in [6, 6.07) is 3.81. The number of hydrogen-bond donors (Lipinski definition) is 3. The third kappa shape index (κ3) is 4.85. The highest BCUT2D eigenvalue weighted by Gasteiger charge is 2.22. The maximum atomic E-state index is 12.0. The normalized spacial score (nSPS) is 11.7. The van der Waals surface area contributed by atoms with Gasteiger partial charge in [0.05, 0.1) is 12.2 Å². The van der Waals surface area contributed by atoms with Crippen molar-refractivity contribution < 1.29 is 19.8 Å². The average molecular weight is 281 g/mol. The van der Waals surface area contributed by atoms with E-state index in [4.69, 9.17) is 10.2 Å². The summed E-state index contributed by atoms with van der Waals surface area (Å²) in [5, 5.41) is 20.1. The molecule has 110 valence electrons. The highest BCUT2D eigenvalue weighted by molar-refractivity contribution is 5.82. The van der Waals surface area contributed by atoms with Crippen LogP contribution in [-0.4, -0.2) is 51.3 Å². The van der Waals surface area contributed by atoms with Gasteiger partial charge in [-0.1, -0.05) is 6.07 Å². The molecule has 0 bridgehead atoms. The number of aliphatic hydroxyl groups excluding tert-OH is 1. The molecule has 3 N–H and O–H groups in total. The van der Waals surface area contributed by atoms with Gasteiger partial charge in [0.15, 0.2) is 0 Å². The Hall–Kier alpha value is -2.15. The largest absolute Gasteiger partial charge is 0.480 e. The first-order chi connectivity index (χ1) is 9.58. The van der Waals surface area contributed by atoms with Gasteiger partial charge in [0, 0.05) is 25.8 Å². The lowest BCUT2D eigenvalue weighted by Gasteiger charge is -2.23. The van der Waals surface area contributed by atoms with E-state index in [2.05, 4.69) is 10.3 Å². The molecule has 0 radical (unpaired) electrons. The highest BCUT2D eigenvalue weighted by atomic mass is 16.4. The van der Waals surface area contributed by atoms with E-state index in [0.29, 0.717) is 13.1 Å². The molecular formula is C13H19N3O4. The Morgan fingerprint density at radius 1 is 1.45 bits per heavy atom. The van der Waals surface area contributed by atoms with Gasteiger partial charge in [0.2, 0.25) is 0 Å². The van der Waals surface area contributed by atoms with E-state index in [9.17, 15) is 9.59 Å². The Balaban J connectivity index is 2.64. The third-order valence-corrected chi connectivity index (χ3v) is 2.76. The molecular weight excluding hydrogens is 262 g/mol. The van der Waals surface area contributed by atoms with Gasteiger partial charge < -0.3 is 20.4 Å². The molecule has 1 rings (SSSR count). The van der Waals surface area contributed by atoms with Gasteiger partial charge in [-0.15, -0.1) is 0 Å². The van der Waals surface area contributed by atoms with Crippen molar-refractivity contribution in [1.82, 2.24) is 15.2 Å².